The number of likely N-dealkylation sites (N-methyl/N-ethyl adjacent to an activating group) is 1. The molecular formula is C21H24N4O3. The minimum absolute atomic E-state index is 0.270. The average Bonchev–Trinajstić information content (AvgIpc) is 3.08. The highest BCUT2D eigenvalue weighted by atomic mass is 16.5. The van der Waals surface area contributed by atoms with Gasteiger partial charge in [-0.15, -0.1) is 0 Å². The van der Waals surface area contributed by atoms with Crippen molar-refractivity contribution in [2.75, 3.05) is 50.6 Å². The number of rotatable bonds is 5. The van der Waals surface area contributed by atoms with E-state index in [1.807, 2.05) is 36.4 Å². The summed E-state index contributed by atoms with van der Waals surface area (Å²) in [5, 5.41) is 3.76. The van der Waals surface area contributed by atoms with Gasteiger partial charge in [0.2, 0.25) is 0 Å². The summed E-state index contributed by atoms with van der Waals surface area (Å²) >= 11 is 0. The van der Waals surface area contributed by atoms with Gasteiger partial charge >= 0.3 is 0 Å². The molecule has 0 spiro atoms. The highest BCUT2D eigenvalue weighted by Gasteiger charge is 2.21. The second kappa shape index (κ2) is 8.00. The van der Waals surface area contributed by atoms with Crippen molar-refractivity contribution in [3.05, 3.63) is 53.9 Å². The quantitative estimate of drug-likeness (QED) is 0.734. The van der Waals surface area contributed by atoms with E-state index in [-0.39, 0.29) is 11.7 Å². The molecule has 28 heavy (non-hydrogen) atoms. The molecule has 1 amide bonds. The molecule has 0 aliphatic carbocycles. The standard InChI is InChI=1S/C21H24N4O3/c1-24-9-11-25(12-10-24)19-8-7-15(13-22-19)23-21(26)20-17(14-27-2)16-5-3-4-6-18(16)28-20/h3-8,13H,9-12,14H2,1-2H3,(H,23,26). The molecule has 7 nitrogen and oxygen atoms in total. The van der Waals surface area contributed by atoms with Gasteiger partial charge in [0, 0.05) is 44.2 Å². The maximum atomic E-state index is 12.8. The van der Waals surface area contributed by atoms with Crippen molar-refractivity contribution >= 4 is 28.4 Å². The lowest BCUT2D eigenvalue weighted by Gasteiger charge is -2.33. The molecule has 7 heteroatoms. The molecule has 1 saturated heterocycles. The highest BCUT2D eigenvalue weighted by Crippen LogP contribution is 2.27. The lowest BCUT2D eigenvalue weighted by molar-refractivity contribution is 0.0992. The first-order valence-electron chi connectivity index (χ1n) is 9.36. The topological polar surface area (TPSA) is 70.8 Å². The van der Waals surface area contributed by atoms with Crippen molar-refractivity contribution in [2.24, 2.45) is 0 Å². The predicted octanol–water partition coefficient (Wildman–Crippen LogP) is 2.98. The van der Waals surface area contributed by atoms with Gasteiger partial charge in [0.15, 0.2) is 5.76 Å². The number of amides is 1. The molecular weight excluding hydrogens is 356 g/mol. The normalized spacial score (nSPS) is 15.1. The van der Waals surface area contributed by atoms with E-state index in [0.29, 0.717) is 17.9 Å². The van der Waals surface area contributed by atoms with Gasteiger partial charge in [0.25, 0.3) is 5.91 Å². The Morgan fingerprint density at radius 3 is 2.68 bits per heavy atom. The molecule has 2 aromatic heterocycles. The summed E-state index contributed by atoms with van der Waals surface area (Å²) in [7, 11) is 3.73. The van der Waals surface area contributed by atoms with Crippen LogP contribution in [0.3, 0.4) is 0 Å². The van der Waals surface area contributed by atoms with Crippen molar-refractivity contribution < 1.29 is 13.9 Å². The SMILES string of the molecule is COCc1c(C(=O)Nc2ccc(N3CCN(C)CC3)nc2)oc2ccccc12. The van der Waals surface area contributed by atoms with E-state index in [4.69, 9.17) is 9.15 Å². The molecule has 3 aromatic rings. The number of carbonyl (C=O) groups excluding carboxylic acids is 1. The third-order valence-electron chi connectivity index (χ3n) is 5.03. The van der Waals surface area contributed by atoms with E-state index in [9.17, 15) is 4.79 Å². The fourth-order valence-corrected chi connectivity index (χ4v) is 3.44. The van der Waals surface area contributed by atoms with E-state index in [1.54, 1.807) is 13.3 Å². The number of aromatic nitrogens is 1. The predicted molar refractivity (Wildman–Crippen MR) is 109 cm³/mol. The Hall–Kier alpha value is -2.90. The van der Waals surface area contributed by atoms with E-state index < -0.39 is 0 Å². The van der Waals surface area contributed by atoms with Crippen molar-refractivity contribution in [1.29, 1.82) is 0 Å². The summed E-state index contributed by atoms with van der Waals surface area (Å²) in [6.07, 6.45) is 1.68. The molecule has 0 unspecified atom stereocenters. The number of hydrogen-bond acceptors (Lipinski definition) is 6. The van der Waals surface area contributed by atoms with Crippen molar-refractivity contribution in [2.45, 2.75) is 6.61 Å². The van der Waals surface area contributed by atoms with E-state index in [1.165, 1.54) is 0 Å². The van der Waals surface area contributed by atoms with Gasteiger partial charge in [0.05, 0.1) is 18.5 Å². The minimum Gasteiger partial charge on any atom is -0.451 e. The number of methoxy groups -OCH3 is 1. The molecule has 1 N–H and O–H groups in total. The van der Waals surface area contributed by atoms with Gasteiger partial charge in [-0.1, -0.05) is 18.2 Å². The van der Waals surface area contributed by atoms with Crippen LogP contribution in [0.15, 0.2) is 47.0 Å². The zero-order valence-electron chi connectivity index (χ0n) is 16.1. The molecule has 0 bridgehead atoms. The molecule has 1 aliphatic rings. The van der Waals surface area contributed by atoms with Crippen LogP contribution in [0.2, 0.25) is 0 Å². The maximum absolute atomic E-state index is 12.8. The molecule has 0 saturated carbocycles. The van der Waals surface area contributed by atoms with E-state index in [0.717, 1.165) is 42.9 Å². The third kappa shape index (κ3) is 3.72. The van der Waals surface area contributed by atoms with Crippen LogP contribution in [0.5, 0.6) is 0 Å². The number of pyridine rings is 1. The zero-order valence-corrected chi connectivity index (χ0v) is 16.1. The van der Waals surface area contributed by atoms with Crippen LogP contribution < -0.4 is 10.2 Å². The number of fused-ring (bicyclic) bond motifs is 1. The Morgan fingerprint density at radius 1 is 1.18 bits per heavy atom. The van der Waals surface area contributed by atoms with Crippen LogP contribution in [-0.2, 0) is 11.3 Å². The molecule has 0 atom stereocenters. The van der Waals surface area contributed by atoms with Gasteiger partial charge in [-0.3, -0.25) is 4.79 Å². The number of hydrogen-bond donors (Lipinski definition) is 1. The first-order chi connectivity index (χ1) is 13.7. The van der Waals surface area contributed by atoms with Crippen molar-refractivity contribution in [3.8, 4) is 0 Å². The van der Waals surface area contributed by atoms with Crippen LogP contribution in [0.1, 0.15) is 16.1 Å². The van der Waals surface area contributed by atoms with Crippen LogP contribution in [0.4, 0.5) is 11.5 Å². The summed E-state index contributed by atoms with van der Waals surface area (Å²) < 4.78 is 11.1. The highest BCUT2D eigenvalue weighted by molar-refractivity contribution is 6.06. The fourth-order valence-electron chi connectivity index (χ4n) is 3.44. The van der Waals surface area contributed by atoms with Gasteiger partial charge in [0.1, 0.15) is 11.4 Å². The second-order valence-electron chi connectivity index (χ2n) is 6.99. The second-order valence-corrected chi connectivity index (χ2v) is 6.99. The zero-order chi connectivity index (χ0) is 19.5. The number of piperazine rings is 1. The number of benzene rings is 1. The number of nitrogens with one attached hydrogen (secondary N) is 1. The molecule has 1 fully saturated rings. The van der Waals surface area contributed by atoms with Gasteiger partial charge in [-0.25, -0.2) is 4.98 Å². The molecule has 0 radical (unpaired) electrons. The van der Waals surface area contributed by atoms with Gasteiger partial charge < -0.3 is 24.3 Å². The number of para-hydroxylation sites is 1. The monoisotopic (exact) mass is 380 g/mol. The largest absolute Gasteiger partial charge is 0.451 e. The summed E-state index contributed by atoms with van der Waals surface area (Å²) in [4.78, 5) is 21.9. The minimum atomic E-state index is -0.308. The van der Waals surface area contributed by atoms with Crippen LogP contribution in [-0.4, -0.2) is 56.1 Å². The van der Waals surface area contributed by atoms with E-state index >= 15 is 0 Å². The van der Waals surface area contributed by atoms with E-state index in [2.05, 4.69) is 27.1 Å². The van der Waals surface area contributed by atoms with Gasteiger partial charge in [-0.2, -0.15) is 0 Å². The molecule has 4 rings (SSSR count). The summed E-state index contributed by atoms with van der Waals surface area (Å²) in [6.45, 7) is 4.26. The Balaban J connectivity index is 1.51. The first-order valence-corrected chi connectivity index (χ1v) is 9.36. The Kier molecular flexibility index (Phi) is 5.27. The summed E-state index contributed by atoms with van der Waals surface area (Å²) in [5.41, 5.74) is 2.05. The van der Waals surface area contributed by atoms with Crippen LogP contribution in [0, 0.1) is 0 Å². The molecule has 1 aromatic carbocycles. The number of furan rings is 1. The summed E-state index contributed by atoms with van der Waals surface area (Å²) in [5.74, 6) is 0.887. The first kappa shape index (κ1) is 18.5. The third-order valence-corrected chi connectivity index (χ3v) is 5.03. The molecule has 1 aliphatic heterocycles. The Morgan fingerprint density at radius 2 is 1.96 bits per heavy atom. The van der Waals surface area contributed by atoms with Crippen LogP contribution >= 0.6 is 0 Å². The number of ether oxygens (including phenoxy) is 1. The lowest BCUT2D eigenvalue weighted by Crippen LogP contribution is -2.44. The molecule has 146 valence electrons. The van der Waals surface area contributed by atoms with Crippen molar-refractivity contribution in [3.63, 3.8) is 0 Å². The summed E-state index contributed by atoms with van der Waals surface area (Å²) in [6, 6.07) is 11.4. The maximum Gasteiger partial charge on any atom is 0.291 e. The molecule has 3 heterocycles. The number of carbonyl (C=O) groups is 1. The fraction of sp³-hybridized carbons (Fsp3) is 0.333. The smallest absolute Gasteiger partial charge is 0.291 e. The lowest BCUT2D eigenvalue weighted by atomic mass is 10.1. The van der Waals surface area contributed by atoms with Gasteiger partial charge in [-0.05, 0) is 25.2 Å². The van der Waals surface area contributed by atoms with Crippen LogP contribution in [0.25, 0.3) is 11.0 Å². The van der Waals surface area contributed by atoms with Crippen molar-refractivity contribution in [1.82, 2.24) is 9.88 Å². The Bertz CT molecular complexity index is 959. The number of nitrogens with zero attached hydrogens (tertiary/aromatic N) is 3. The number of anilines is 2. The average molecular weight is 380 g/mol. The Labute approximate surface area is 163 Å².